The van der Waals surface area contributed by atoms with Crippen molar-refractivity contribution in [3.8, 4) is 17.0 Å². The zero-order valence-electron chi connectivity index (χ0n) is 20.6. The van der Waals surface area contributed by atoms with Crippen LogP contribution in [-0.2, 0) is 27.5 Å². The Bertz CT molecular complexity index is 1520. The van der Waals surface area contributed by atoms with E-state index < -0.39 is 22.8 Å². The van der Waals surface area contributed by atoms with E-state index in [1.165, 1.54) is 0 Å². The van der Waals surface area contributed by atoms with Crippen LogP contribution in [0.3, 0.4) is 0 Å². The number of aliphatic hydroxyl groups is 1. The van der Waals surface area contributed by atoms with Gasteiger partial charge in [-0.15, -0.1) is 0 Å². The molecule has 6 nitrogen and oxygen atoms in total. The molecule has 2 saturated carbocycles. The van der Waals surface area contributed by atoms with Gasteiger partial charge in [0.25, 0.3) is 0 Å². The smallest absolute Gasteiger partial charge is 0.189 e. The quantitative estimate of drug-likeness (QED) is 0.210. The molecule has 39 heavy (non-hydrogen) atoms. The number of hydrogen-bond acceptors (Lipinski definition) is 6. The predicted octanol–water partition coefficient (Wildman–Crippen LogP) is 7.85. The van der Waals surface area contributed by atoms with Gasteiger partial charge in [-0.1, -0.05) is 70.3 Å². The molecule has 0 radical (unpaired) electrons. The zero-order chi connectivity index (χ0) is 27.1. The first kappa shape index (κ1) is 26.8. The van der Waals surface area contributed by atoms with Crippen molar-refractivity contribution in [1.29, 1.82) is 0 Å². The molecule has 6 rings (SSSR count). The minimum atomic E-state index is -1.70. The highest BCUT2D eigenvalue weighted by molar-refractivity contribution is 7.80. The Kier molecular flexibility index (Phi) is 7.48. The molecule has 3 atom stereocenters. The fraction of sp³-hybridized carbons (Fsp3) is 0.276. The Hall–Kier alpha value is -2.39. The van der Waals surface area contributed by atoms with Crippen molar-refractivity contribution < 1.29 is 22.8 Å². The minimum absolute atomic E-state index is 0.175. The summed E-state index contributed by atoms with van der Waals surface area (Å²) in [5.74, 6) is 1.58. The first-order chi connectivity index (χ1) is 18.8. The second-order valence-electron chi connectivity index (χ2n) is 9.77. The van der Waals surface area contributed by atoms with Gasteiger partial charge in [0.1, 0.15) is 35.5 Å². The van der Waals surface area contributed by atoms with Crippen LogP contribution in [0.15, 0.2) is 76.1 Å². The molecule has 0 bridgehead atoms. The molecule has 1 heterocycles. The fourth-order valence-corrected chi connectivity index (χ4v) is 6.67. The maximum Gasteiger partial charge on any atom is 0.189 e. The second kappa shape index (κ2) is 10.9. The standard InChI is InChI=1S/C29H24Cl3NO5S/c30-22-7-4-8-23(31)26(22)27-20(28(37-33-27)17-9-10-17)16-36-18-11-12-21(24(32)15-18)29(34)14-13-25(29)38-39(35)19-5-2-1-3-6-19/h1-8,11-12,15,17,25,34H,9-10,13-14,16H2. The molecule has 0 amide bonds. The Morgan fingerprint density at radius 2 is 1.72 bits per heavy atom. The van der Waals surface area contributed by atoms with Gasteiger partial charge in [0.15, 0.2) is 11.1 Å². The topological polar surface area (TPSA) is 81.8 Å². The summed E-state index contributed by atoms with van der Waals surface area (Å²) in [5.41, 5.74) is 1.12. The van der Waals surface area contributed by atoms with E-state index in [1.807, 2.05) is 6.07 Å². The second-order valence-corrected chi connectivity index (χ2v) is 12.1. The molecule has 3 aromatic carbocycles. The van der Waals surface area contributed by atoms with Crippen LogP contribution in [0, 0.1) is 0 Å². The SMILES string of the molecule is O=S(OC1CCC1(O)c1ccc(OCc2c(-c3c(Cl)cccc3Cl)noc2C2CC2)cc1Cl)c1ccccc1. The van der Waals surface area contributed by atoms with Crippen molar-refractivity contribution in [2.75, 3.05) is 0 Å². The molecule has 10 heteroatoms. The number of ether oxygens (including phenoxy) is 1. The summed E-state index contributed by atoms with van der Waals surface area (Å²) < 4.78 is 30.2. The molecular formula is C29H24Cl3NO5S. The Morgan fingerprint density at radius 1 is 0.974 bits per heavy atom. The van der Waals surface area contributed by atoms with Gasteiger partial charge in [0.05, 0.1) is 25.5 Å². The molecule has 0 saturated heterocycles. The lowest BCUT2D eigenvalue weighted by atomic mass is 9.72. The zero-order valence-corrected chi connectivity index (χ0v) is 23.7. The van der Waals surface area contributed by atoms with Gasteiger partial charge in [-0.2, -0.15) is 0 Å². The maximum atomic E-state index is 12.7. The van der Waals surface area contributed by atoms with Gasteiger partial charge in [-0.3, -0.25) is 4.18 Å². The average molecular weight is 605 g/mol. The van der Waals surface area contributed by atoms with Crippen LogP contribution in [0.2, 0.25) is 15.1 Å². The van der Waals surface area contributed by atoms with Gasteiger partial charge in [-0.25, -0.2) is 4.21 Å². The van der Waals surface area contributed by atoms with E-state index in [0.717, 1.165) is 24.2 Å². The third-order valence-corrected chi connectivity index (χ3v) is 9.22. The summed E-state index contributed by atoms with van der Waals surface area (Å²) in [5, 5.41) is 17.0. The van der Waals surface area contributed by atoms with Crippen molar-refractivity contribution in [3.05, 3.63) is 98.7 Å². The summed E-state index contributed by atoms with van der Waals surface area (Å²) in [6, 6.07) is 19.3. The molecule has 3 unspecified atom stereocenters. The molecule has 0 aliphatic heterocycles. The summed E-state index contributed by atoms with van der Waals surface area (Å²) in [4.78, 5) is 0.540. The molecule has 4 aromatic rings. The van der Waals surface area contributed by atoms with Gasteiger partial charge < -0.3 is 14.4 Å². The Labute approximate surface area is 243 Å². The van der Waals surface area contributed by atoms with Gasteiger partial charge in [0, 0.05) is 17.0 Å². The number of nitrogens with zero attached hydrogens (tertiary/aromatic N) is 1. The average Bonchev–Trinajstić information content (AvgIpc) is 3.70. The highest BCUT2D eigenvalue weighted by atomic mass is 35.5. The van der Waals surface area contributed by atoms with Crippen molar-refractivity contribution in [2.45, 2.75) is 54.8 Å². The number of aromatic nitrogens is 1. The van der Waals surface area contributed by atoms with Crippen molar-refractivity contribution >= 4 is 45.9 Å². The molecule has 2 fully saturated rings. The monoisotopic (exact) mass is 603 g/mol. The van der Waals surface area contributed by atoms with E-state index in [2.05, 4.69) is 5.16 Å². The van der Waals surface area contributed by atoms with Crippen molar-refractivity contribution in [1.82, 2.24) is 5.16 Å². The first-order valence-corrected chi connectivity index (χ1v) is 14.8. The van der Waals surface area contributed by atoms with E-state index in [1.54, 1.807) is 60.7 Å². The minimum Gasteiger partial charge on any atom is -0.489 e. The van der Waals surface area contributed by atoms with Crippen molar-refractivity contribution in [2.24, 2.45) is 0 Å². The predicted molar refractivity (Wildman–Crippen MR) is 151 cm³/mol. The largest absolute Gasteiger partial charge is 0.489 e. The van der Waals surface area contributed by atoms with E-state index in [0.29, 0.717) is 61.3 Å². The van der Waals surface area contributed by atoms with Crippen molar-refractivity contribution in [3.63, 3.8) is 0 Å². The number of hydrogen-bond donors (Lipinski definition) is 1. The lowest BCUT2D eigenvalue weighted by Crippen LogP contribution is -2.50. The van der Waals surface area contributed by atoms with Crippen LogP contribution in [0.1, 0.15) is 48.5 Å². The van der Waals surface area contributed by atoms with Gasteiger partial charge in [0.2, 0.25) is 0 Å². The van der Waals surface area contributed by atoms with Crippen LogP contribution < -0.4 is 4.74 Å². The normalized spacial score (nSPS) is 21.4. The summed E-state index contributed by atoms with van der Waals surface area (Å²) in [7, 11) is 0. The highest BCUT2D eigenvalue weighted by Gasteiger charge is 2.50. The molecule has 1 N–H and O–H groups in total. The lowest BCUT2D eigenvalue weighted by molar-refractivity contribution is -0.134. The van der Waals surface area contributed by atoms with Crippen LogP contribution in [0.25, 0.3) is 11.3 Å². The van der Waals surface area contributed by atoms with E-state index in [9.17, 15) is 9.32 Å². The lowest BCUT2D eigenvalue weighted by Gasteiger charge is -2.44. The molecule has 202 valence electrons. The number of halogens is 3. The summed E-state index contributed by atoms with van der Waals surface area (Å²) >= 11 is 17.8. The third kappa shape index (κ3) is 5.24. The first-order valence-electron chi connectivity index (χ1n) is 12.6. The van der Waals surface area contributed by atoms with Crippen LogP contribution >= 0.6 is 34.8 Å². The summed E-state index contributed by atoms with van der Waals surface area (Å²) in [6.45, 7) is 0.175. The van der Waals surface area contributed by atoms with Gasteiger partial charge >= 0.3 is 0 Å². The molecule has 1 aromatic heterocycles. The van der Waals surface area contributed by atoms with E-state index in [-0.39, 0.29) is 6.61 Å². The van der Waals surface area contributed by atoms with Crippen LogP contribution in [0.4, 0.5) is 0 Å². The molecule has 2 aliphatic carbocycles. The van der Waals surface area contributed by atoms with E-state index >= 15 is 0 Å². The fourth-order valence-electron chi connectivity index (χ4n) is 4.80. The number of benzene rings is 3. The maximum absolute atomic E-state index is 12.7. The molecule has 0 spiro atoms. The Morgan fingerprint density at radius 3 is 2.36 bits per heavy atom. The van der Waals surface area contributed by atoms with Gasteiger partial charge in [-0.05, 0) is 62.1 Å². The summed E-state index contributed by atoms with van der Waals surface area (Å²) in [6.07, 6.45) is 2.40. The third-order valence-electron chi connectivity index (χ3n) is 7.22. The number of rotatable bonds is 9. The molecular weight excluding hydrogens is 581 g/mol. The molecule has 2 aliphatic rings. The Balaban J connectivity index is 1.20. The van der Waals surface area contributed by atoms with Crippen LogP contribution in [0.5, 0.6) is 5.75 Å². The van der Waals surface area contributed by atoms with E-state index in [4.69, 9.17) is 48.2 Å². The highest BCUT2D eigenvalue weighted by Crippen LogP contribution is 2.48. The van der Waals surface area contributed by atoms with Crippen LogP contribution in [-0.4, -0.2) is 20.6 Å².